The fourth-order valence-corrected chi connectivity index (χ4v) is 3.26. The Hall–Kier alpha value is -2.82. The molecule has 0 saturated carbocycles. The van der Waals surface area contributed by atoms with Crippen LogP contribution in [0.3, 0.4) is 0 Å². The average Bonchev–Trinajstić information content (AvgIpc) is 2.76. The zero-order valence-electron chi connectivity index (χ0n) is 17.9. The number of hydrogen-bond acceptors (Lipinski definition) is 8. The Morgan fingerprint density at radius 3 is 2.03 bits per heavy atom. The lowest BCUT2D eigenvalue weighted by atomic mass is 10.00. The van der Waals surface area contributed by atoms with Crippen LogP contribution in [0.2, 0.25) is 0 Å². The number of benzene rings is 2. The number of pyridine rings is 1. The van der Waals surface area contributed by atoms with Crippen LogP contribution in [0.1, 0.15) is 26.7 Å². The minimum Gasteiger partial charge on any atom is -0.726 e. The summed E-state index contributed by atoms with van der Waals surface area (Å²) in [6.45, 7) is 5.45. The van der Waals surface area contributed by atoms with E-state index in [1.807, 2.05) is 24.0 Å². The molecule has 4 aromatic rings. The smallest absolute Gasteiger partial charge is 0.287 e. The van der Waals surface area contributed by atoms with E-state index in [0.29, 0.717) is 25.0 Å². The minimum atomic E-state index is -4.41. The van der Waals surface area contributed by atoms with Crippen molar-refractivity contribution in [1.29, 1.82) is 0 Å². The molecule has 2 heterocycles. The van der Waals surface area contributed by atoms with Crippen molar-refractivity contribution in [3.8, 4) is 11.8 Å². The van der Waals surface area contributed by atoms with Gasteiger partial charge in [-0.1, -0.05) is 13.8 Å². The van der Waals surface area contributed by atoms with Crippen LogP contribution in [0.25, 0.3) is 32.6 Å². The summed E-state index contributed by atoms with van der Waals surface area (Å²) in [6, 6.07) is 8.29. The van der Waals surface area contributed by atoms with Gasteiger partial charge in [0.1, 0.15) is 5.52 Å². The van der Waals surface area contributed by atoms with Gasteiger partial charge in [-0.05, 0) is 42.1 Å². The second-order valence-corrected chi connectivity index (χ2v) is 8.01. The highest BCUT2D eigenvalue weighted by molar-refractivity contribution is 7.80. The number of aryl methyl sites for hydroxylation is 1. The largest absolute Gasteiger partial charge is 0.726 e. The Labute approximate surface area is 180 Å². The highest BCUT2D eigenvalue weighted by atomic mass is 32.3. The number of ether oxygens (including phenoxy) is 2. The summed E-state index contributed by atoms with van der Waals surface area (Å²) in [5.41, 5.74) is 2.11. The average molecular weight is 448 g/mol. The third-order valence-corrected chi connectivity index (χ3v) is 5.03. The van der Waals surface area contributed by atoms with Gasteiger partial charge in [-0.2, -0.15) is 4.98 Å². The molecule has 0 aliphatic heterocycles. The van der Waals surface area contributed by atoms with Crippen LogP contribution in [0.15, 0.2) is 30.6 Å². The van der Waals surface area contributed by atoms with Crippen LogP contribution in [-0.4, -0.2) is 43.3 Å². The predicted molar refractivity (Wildman–Crippen MR) is 115 cm³/mol. The summed E-state index contributed by atoms with van der Waals surface area (Å²) in [5, 5.41) is 4.27. The van der Waals surface area contributed by atoms with Gasteiger partial charge in [0.05, 0.1) is 32.8 Å². The lowest BCUT2D eigenvalue weighted by molar-refractivity contribution is -0.647. The molecule has 4 rings (SSSR count). The molecular weight excluding hydrogens is 422 g/mol. The molecule has 166 valence electrons. The first-order chi connectivity index (χ1) is 14.8. The van der Waals surface area contributed by atoms with Crippen molar-refractivity contribution in [3.05, 3.63) is 30.6 Å². The molecule has 2 aromatic carbocycles. The third-order valence-electron chi connectivity index (χ3n) is 4.62. The second kappa shape index (κ2) is 9.54. The zero-order valence-corrected chi connectivity index (χ0v) is 18.7. The molecule has 31 heavy (non-hydrogen) atoms. The van der Waals surface area contributed by atoms with Gasteiger partial charge in [0.2, 0.25) is 22.2 Å². The summed E-state index contributed by atoms with van der Waals surface area (Å²) in [7, 11) is -1.59. The summed E-state index contributed by atoms with van der Waals surface area (Å²) in [5.74, 6) is 1.28. The van der Waals surface area contributed by atoms with Crippen LogP contribution >= 0.6 is 0 Å². The molecule has 0 bridgehead atoms. The Bertz CT molecular complexity index is 1270. The van der Waals surface area contributed by atoms with Gasteiger partial charge in [0.25, 0.3) is 6.33 Å². The Kier molecular flexibility index (Phi) is 7.04. The minimum absolute atomic E-state index is 0.635. The standard InChI is InChI=1S/C20H22N3O2.CH4O4S/c1-4-10-24-19-13-6-8-15-18-16(23(3)12-21-15)9-7-14(17(13)18)20(22-19)25-11-5-2;1-5-6(2,3)4/h6-9,12H,4-5,10-11H2,1-3H3;1H3,(H,2,3,4)/q+1;/p-1. The second-order valence-electron chi connectivity index (χ2n) is 6.86. The molecule has 0 amide bonds. The maximum atomic E-state index is 9.22. The van der Waals surface area contributed by atoms with E-state index >= 15 is 0 Å². The fourth-order valence-electron chi connectivity index (χ4n) is 3.26. The van der Waals surface area contributed by atoms with Crippen LogP contribution in [0.5, 0.6) is 11.8 Å². The first kappa shape index (κ1) is 22.9. The van der Waals surface area contributed by atoms with Crippen molar-refractivity contribution in [2.75, 3.05) is 20.3 Å². The maximum Gasteiger partial charge on any atom is 0.287 e. The fraction of sp³-hybridized carbons (Fsp3) is 0.381. The van der Waals surface area contributed by atoms with E-state index in [-0.39, 0.29) is 0 Å². The van der Waals surface area contributed by atoms with E-state index < -0.39 is 10.4 Å². The van der Waals surface area contributed by atoms with Gasteiger partial charge in [-0.3, -0.25) is 4.18 Å². The topological polar surface area (TPSA) is 115 Å². The van der Waals surface area contributed by atoms with Gasteiger partial charge in [-0.25, -0.2) is 13.0 Å². The van der Waals surface area contributed by atoms with Crippen molar-refractivity contribution >= 4 is 43.0 Å². The molecule has 0 atom stereocenters. The molecule has 0 N–H and O–H groups in total. The van der Waals surface area contributed by atoms with E-state index in [9.17, 15) is 13.0 Å². The quantitative estimate of drug-likeness (QED) is 0.184. The highest BCUT2D eigenvalue weighted by Crippen LogP contribution is 2.40. The molecule has 0 aliphatic rings. The highest BCUT2D eigenvalue weighted by Gasteiger charge is 2.21. The summed E-state index contributed by atoms with van der Waals surface area (Å²) in [4.78, 5) is 9.26. The van der Waals surface area contributed by atoms with E-state index in [4.69, 9.17) is 9.47 Å². The molecule has 0 aliphatic carbocycles. The lowest BCUT2D eigenvalue weighted by Crippen LogP contribution is -2.29. The first-order valence-corrected chi connectivity index (χ1v) is 11.2. The SMILES string of the molecule is CCCOc1nc(OCCC)c2ccc3c4c(ccc1c24)nc[n+]3C.COS(=O)(=O)[O-]. The number of aromatic nitrogens is 3. The van der Waals surface area contributed by atoms with Gasteiger partial charge in [0.15, 0.2) is 5.52 Å². The molecule has 0 spiro atoms. The lowest BCUT2D eigenvalue weighted by Gasteiger charge is -2.15. The van der Waals surface area contributed by atoms with Crippen molar-refractivity contribution < 1.29 is 31.2 Å². The van der Waals surface area contributed by atoms with Crippen molar-refractivity contribution in [2.45, 2.75) is 26.7 Å². The Morgan fingerprint density at radius 2 is 1.52 bits per heavy atom. The van der Waals surface area contributed by atoms with Gasteiger partial charge in [0, 0.05) is 16.2 Å². The molecule has 10 heteroatoms. The molecule has 9 nitrogen and oxygen atoms in total. The third kappa shape index (κ3) is 4.92. The Balaban J connectivity index is 0.000000401. The van der Waals surface area contributed by atoms with Crippen LogP contribution < -0.4 is 14.0 Å². The monoisotopic (exact) mass is 447 g/mol. The van der Waals surface area contributed by atoms with Crippen molar-refractivity contribution in [2.24, 2.45) is 7.05 Å². The number of hydrogen-bond donors (Lipinski definition) is 0. The van der Waals surface area contributed by atoms with Gasteiger partial charge >= 0.3 is 0 Å². The van der Waals surface area contributed by atoms with Gasteiger partial charge < -0.3 is 14.0 Å². The van der Waals surface area contributed by atoms with E-state index in [0.717, 1.165) is 52.5 Å². The molecule has 0 fully saturated rings. The van der Waals surface area contributed by atoms with Crippen molar-refractivity contribution in [1.82, 2.24) is 9.97 Å². The summed E-state index contributed by atoms with van der Waals surface area (Å²) in [6.07, 6.45) is 3.72. The summed E-state index contributed by atoms with van der Waals surface area (Å²) < 4.78 is 45.0. The van der Waals surface area contributed by atoms with Crippen molar-refractivity contribution in [3.63, 3.8) is 0 Å². The molecule has 0 saturated heterocycles. The van der Waals surface area contributed by atoms with E-state index in [2.05, 4.69) is 46.2 Å². The Morgan fingerprint density at radius 1 is 0.968 bits per heavy atom. The maximum absolute atomic E-state index is 9.22. The first-order valence-electron chi connectivity index (χ1n) is 9.90. The van der Waals surface area contributed by atoms with Crippen LogP contribution in [0, 0.1) is 0 Å². The van der Waals surface area contributed by atoms with E-state index in [1.165, 1.54) is 0 Å². The predicted octanol–water partition coefficient (Wildman–Crippen LogP) is 2.87. The normalized spacial score (nSPS) is 11.6. The molecular formula is C21H25N3O6S. The molecule has 2 aromatic heterocycles. The molecule has 0 unspecified atom stereocenters. The van der Waals surface area contributed by atoms with Gasteiger partial charge in [-0.15, -0.1) is 0 Å². The number of rotatable bonds is 7. The zero-order chi connectivity index (χ0) is 22.6. The van der Waals surface area contributed by atoms with Crippen LogP contribution in [-0.2, 0) is 21.6 Å². The van der Waals surface area contributed by atoms with Crippen LogP contribution in [0.4, 0.5) is 0 Å². The molecule has 0 radical (unpaired) electrons. The summed E-state index contributed by atoms with van der Waals surface area (Å²) >= 11 is 0. The number of nitrogens with zero attached hydrogens (tertiary/aromatic N) is 3. The van der Waals surface area contributed by atoms with E-state index in [1.54, 1.807) is 0 Å².